The molecule has 0 radical (unpaired) electrons. The minimum atomic E-state index is 0.0825. The van der Waals surface area contributed by atoms with Crippen LogP contribution in [0.1, 0.15) is 18.9 Å². The van der Waals surface area contributed by atoms with Crippen molar-refractivity contribution in [1.82, 2.24) is 4.90 Å². The molecule has 4 nitrogen and oxygen atoms in total. The van der Waals surface area contributed by atoms with Gasteiger partial charge in [0.25, 0.3) is 0 Å². The van der Waals surface area contributed by atoms with Gasteiger partial charge in [0.1, 0.15) is 18.2 Å². The topological polar surface area (TPSA) is 62.3 Å². The number of amidine groups is 1. The van der Waals surface area contributed by atoms with Crippen molar-refractivity contribution in [2.75, 3.05) is 32.2 Å². The normalized spacial score (nSPS) is 12.4. The molecule has 1 aromatic carbocycles. The number of nitrogens with two attached hydrogens (primary N) is 1. The minimum absolute atomic E-state index is 0.0825. The molecule has 0 aliphatic heterocycles. The zero-order valence-corrected chi connectivity index (χ0v) is 13.4. The van der Waals surface area contributed by atoms with Crippen LogP contribution in [0.5, 0.6) is 5.75 Å². The Morgan fingerprint density at radius 3 is 2.55 bits per heavy atom. The highest BCUT2D eigenvalue weighted by molar-refractivity contribution is 7.98. The summed E-state index contributed by atoms with van der Waals surface area (Å²) in [5, 5.41) is 7.34. The van der Waals surface area contributed by atoms with Crippen LogP contribution in [0, 0.1) is 5.41 Å². The lowest BCUT2D eigenvalue weighted by molar-refractivity contribution is 0.199. The molecule has 1 aromatic rings. The molecule has 0 saturated carbocycles. The first-order chi connectivity index (χ1) is 9.58. The molecule has 0 aliphatic rings. The number of hydrogen-bond acceptors (Lipinski definition) is 4. The molecule has 0 saturated heterocycles. The van der Waals surface area contributed by atoms with Gasteiger partial charge in [-0.3, -0.25) is 10.3 Å². The van der Waals surface area contributed by atoms with Gasteiger partial charge in [-0.15, -0.1) is 0 Å². The molecule has 112 valence electrons. The molecule has 3 N–H and O–H groups in total. The Labute approximate surface area is 126 Å². The molecule has 0 heterocycles. The van der Waals surface area contributed by atoms with Gasteiger partial charge in [0.05, 0.1) is 0 Å². The molecule has 1 atom stereocenters. The average molecular weight is 295 g/mol. The molecule has 0 fully saturated rings. The standard InChI is InChI=1S/C15H25N3OS/c1-4-13(11-20-3)18(2)9-10-19-14-7-5-12(6-8-14)15(16)17/h5-8,13H,4,9-11H2,1-3H3,(H3,16,17). The average Bonchev–Trinajstić information content (AvgIpc) is 2.45. The van der Waals surface area contributed by atoms with E-state index in [1.165, 1.54) is 0 Å². The van der Waals surface area contributed by atoms with Crippen molar-refractivity contribution in [3.05, 3.63) is 29.8 Å². The van der Waals surface area contributed by atoms with Crippen LogP contribution >= 0.6 is 11.8 Å². The second-order valence-electron chi connectivity index (χ2n) is 4.78. The van der Waals surface area contributed by atoms with Crippen LogP contribution in [0.4, 0.5) is 0 Å². The zero-order chi connectivity index (χ0) is 15.0. The third-order valence-corrected chi connectivity index (χ3v) is 4.05. The van der Waals surface area contributed by atoms with Crippen LogP contribution in [-0.2, 0) is 0 Å². The highest BCUT2D eigenvalue weighted by Gasteiger charge is 2.11. The molecule has 0 aliphatic carbocycles. The van der Waals surface area contributed by atoms with E-state index in [0.29, 0.717) is 12.6 Å². The van der Waals surface area contributed by atoms with E-state index in [2.05, 4.69) is 25.1 Å². The number of hydrogen-bond donors (Lipinski definition) is 2. The van der Waals surface area contributed by atoms with Crippen LogP contribution in [0.2, 0.25) is 0 Å². The molecule has 5 heteroatoms. The molecular formula is C15H25N3OS. The van der Waals surface area contributed by atoms with Crippen LogP contribution in [0.25, 0.3) is 0 Å². The maximum absolute atomic E-state index is 7.34. The fourth-order valence-electron chi connectivity index (χ4n) is 1.97. The fourth-order valence-corrected chi connectivity index (χ4v) is 2.84. The maximum Gasteiger partial charge on any atom is 0.122 e. The van der Waals surface area contributed by atoms with E-state index in [1.807, 2.05) is 36.0 Å². The van der Waals surface area contributed by atoms with E-state index in [1.54, 1.807) is 0 Å². The summed E-state index contributed by atoms with van der Waals surface area (Å²) in [6, 6.07) is 7.94. The molecular weight excluding hydrogens is 270 g/mol. The third-order valence-electron chi connectivity index (χ3n) is 3.33. The molecule has 1 rings (SSSR count). The molecule has 20 heavy (non-hydrogen) atoms. The first-order valence-corrected chi connectivity index (χ1v) is 8.24. The van der Waals surface area contributed by atoms with Crippen molar-refractivity contribution < 1.29 is 4.74 Å². The lowest BCUT2D eigenvalue weighted by Crippen LogP contribution is -2.36. The van der Waals surface area contributed by atoms with Crippen molar-refractivity contribution in [2.24, 2.45) is 5.73 Å². The van der Waals surface area contributed by atoms with Crippen LogP contribution in [0.15, 0.2) is 24.3 Å². The summed E-state index contributed by atoms with van der Waals surface area (Å²) in [6.45, 7) is 3.80. The number of nitrogens with one attached hydrogen (secondary N) is 1. The predicted molar refractivity (Wildman–Crippen MR) is 88.0 cm³/mol. The van der Waals surface area contributed by atoms with E-state index in [4.69, 9.17) is 15.9 Å². The summed E-state index contributed by atoms with van der Waals surface area (Å²) in [4.78, 5) is 2.35. The van der Waals surface area contributed by atoms with Crippen molar-refractivity contribution in [2.45, 2.75) is 19.4 Å². The largest absolute Gasteiger partial charge is 0.492 e. The second-order valence-corrected chi connectivity index (χ2v) is 5.70. The summed E-state index contributed by atoms with van der Waals surface area (Å²) in [5.41, 5.74) is 6.14. The number of ether oxygens (including phenoxy) is 1. The van der Waals surface area contributed by atoms with E-state index in [0.717, 1.165) is 30.0 Å². The van der Waals surface area contributed by atoms with Crippen molar-refractivity contribution in [3.63, 3.8) is 0 Å². The van der Waals surface area contributed by atoms with Gasteiger partial charge in [0.15, 0.2) is 0 Å². The molecule has 0 bridgehead atoms. The summed E-state index contributed by atoms with van der Waals surface area (Å²) in [6.07, 6.45) is 3.30. The lowest BCUT2D eigenvalue weighted by Gasteiger charge is -2.26. The number of likely N-dealkylation sites (N-methyl/N-ethyl adjacent to an activating group) is 1. The zero-order valence-electron chi connectivity index (χ0n) is 12.6. The predicted octanol–water partition coefficient (Wildman–Crippen LogP) is 2.42. The van der Waals surface area contributed by atoms with E-state index in [-0.39, 0.29) is 5.84 Å². The van der Waals surface area contributed by atoms with Gasteiger partial charge >= 0.3 is 0 Å². The van der Waals surface area contributed by atoms with Crippen LogP contribution in [0.3, 0.4) is 0 Å². The Morgan fingerprint density at radius 1 is 1.40 bits per heavy atom. The fraction of sp³-hybridized carbons (Fsp3) is 0.533. The first kappa shape index (κ1) is 16.9. The summed E-state index contributed by atoms with van der Waals surface area (Å²) in [5.74, 6) is 2.06. The molecule has 0 aromatic heterocycles. The Kier molecular flexibility index (Phi) is 7.47. The van der Waals surface area contributed by atoms with Crippen molar-refractivity contribution in [3.8, 4) is 5.75 Å². The Hall–Kier alpha value is -1.20. The highest BCUT2D eigenvalue weighted by atomic mass is 32.2. The van der Waals surface area contributed by atoms with E-state index < -0.39 is 0 Å². The lowest BCUT2D eigenvalue weighted by atomic mass is 10.2. The molecule has 0 amide bonds. The van der Waals surface area contributed by atoms with E-state index in [9.17, 15) is 0 Å². The molecule has 1 unspecified atom stereocenters. The van der Waals surface area contributed by atoms with Gasteiger partial charge in [0.2, 0.25) is 0 Å². The Morgan fingerprint density at radius 2 is 2.05 bits per heavy atom. The van der Waals surface area contributed by atoms with Crippen LogP contribution in [-0.4, -0.2) is 49.0 Å². The van der Waals surface area contributed by atoms with Crippen molar-refractivity contribution in [1.29, 1.82) is 5.41 Å². The van der Waals surface area contributed by atoms with Crippen molar-refractivity contribution >= 4 is 17.6 Å². The first-order valence-electron chi connectivity index (χ1n) is 6.85. The third kappa shape index (κ3) is 5.43. The van der Waals surface area contributed by atoms with E-state index >= 15 is 0 Å². The smallest absolute Gasteiger partial charge is 0.122 e. The van der Waals surface area contributed by atoms with Crippen LogP contribution < -0.4 is 10.5 Å². The summed E-state index contributed by atoms with van der Waals surface area (Å²) >= 11 is 1.88. The van der Waals surface area contributed by atoms with Gasteiger partial charge in [-0.2, -0.15) is 11.8 Å². The monoisotopic (exact) mass is 295 g/mol. The van der Waals surface area contributed by atoms with Gasteiger partial charge in [-0.1, -0.05) is 6.92 Å². The van der Waals surface area contributed by atoms with Gasteiger partial charge < -0.3 is 10.5 Å². The maximum atomic E-state index is 7.34. The summed E-state index contributed by atoms with van der Waals surface area (Å²) in [7, 11) is 2.15. The SMILES string of the molecule is CCC(CSC)N(C)CCOc1ccc(C(=N)N)cc1. The van der Waals surface area contributed by atoms with Gasteiger partial charge in [-0.25, -0.2) is 0 Å². The number of rotatable bonds is 9. The Bertz CT molecular complexity index is 408. The number of nitrogens with zero attached hydrogens (tertiary/aromatic N) is 1. The number of nitrogen functional groups attached to an aromatic ring is 1. The minimum Gasteiger partial charge on any atom is -0.492 e. The van der Waals surface area contributed by atoms with Gasteiger partial charge in [-0.05, 0) is 44.0 Å². The number of thioether (sulfide) groups is 1. The molecule has 0 spiro atoms. The quantitative estimate of drug-likeness (QED) is 0.542. The highest BCUT2D eigenvalue weighted by Crippen LogP contribution is 2.12. The number of benzene rings is 1. The second kappa shape index (κ2) is 8.87. The summed E-state index contributed by atoms with van der Waals surface area (Å²) < 4.78 is 5.72. The van der Waals surface area contributed by atoms with Gasteiger partial charge in [0, 0.05) is 23.9 Å². The Balaban J connectivity index is 2.38.